The molecule has 0 fully saturated rings. The molecular weight excluding hydrogens is 255 g/mol. The van der Waals surface area contributed by atoms with Gasteiger partial charge < -0.3 is 5.11 Å². The second-order valence-electron chi connectivity index (χ2n) is 4.18. The third-order valence-electron chi connectivity index (χ3n) is 2.67. The molecule has 2 nitrogen and oxygen atoms in total. The van der Waals surface area contributed by atoms with Crippen LogP contribution in [0.2, 0.25) is 0 Å². The van der Waals surface area contributed by atoms with Crippen molar-refractivity contribution in [1.29, 1.82) is 0 Å². The fourth-order valence-corrected chi connectivity index (χ4v) is 1.60. The maximum absolute atomic E-state index is 13.3. The van der Waals surface area contributed by atoms with Gasteiger partial charge in [-0.25, -0.2) is 4.39 Å². The molecule has 2 aromatic rings. The Morgan fingerprint density at radius 1 is 0.950 bits per heavy atom. The van der Waals surface area contributed by atoms with Crippen LogP contribution >= 0.6 is 0 Å². The van der Waals surface area contributed by atoms with E-state index in [4.69, 9.17) is 5.11 Å². The van der Waals surface area contributed by atoms with Gasteiger partial charge in [0.2, 0.25) is 0 Å². The van der Waals surface area contributed by atoms with Crippen LogP contribution in [0.15, 0.2) is 60.7 Å². The summed E-state index contributed by atoms with van der Waals surface area (Å²) < 4.78 is 13.3. The van der Waals surface area contributed by atoms with Crippen molar-refractivity contribution in [1.82, 2.24) is 0 Å². The van der Waals surface area contributed by atoms with E-state index in [2.05, 4.69) is 0 Å². The molecule has 0 amide bonds. The zero-order valence-electron chi connectivity index (χ0n) is 10.7. The summed E-state index contributed by atoms with van der Waals surface area (Å²) in [6.07, 6.45) is 5.78. The van der Waals surface area contributed by atoms with Crippen LogP contribution in [0, 0.1) is 5.82 Å². The van der Waals surface area contributed by atoms with Crippen LogP contribution in [0.1, 0.15) is 11.1 Å². The monoisotopic (exact) mass is 268 g/mol. The van der Waals surface area contributed by atoms with E-state index in [0.29, 0.717) is 5.56 Å². The van der Waals surface area contributed by atoms with Gasteiger partial charge in [-0.15, -0.1) is 0 Å². The number of phenols is 1. The molecule has 100 valence electrons. The SMILES string of the molecule is O=C(C=Cc1ccc(O)cc1)C=Cc1ccccc1F. The number of benzene rings is 2. The lowest BCUT2D eigenvalue weighted by atomic mass is 10.1. The molecule has 0 saturated heterocycles. The van der Waals surface area contributed by atoms with Crippen molar-refractivity contribution < 1.29 is 14.3 Å². The van der Waals surface area contributed by atoms with E-state index >= 15 is 0 Å². The number of phenolic OH excluding ortho intramolecular Hbond substituents is 1. The van der Waals surface area contributed by atoms with Crippen molar-refractivity contribution in [3.63, 3.8) is 0 Å². The van der Waals surface area contributed by atoms with Crippen LogP contribution < -0.4 is 0 Å². The number of carbonyl (C=O) groups is 1. The lowest BCUT2D eigenvalue weighted by Crippen LogP contribution is -1.86. The number of carbonyl (C=O) groups excluding carboxylic acids is 1. The lowest BCUT2D eigenvalue weighted by Gasteiger charge is -1.94. The zero-order chi connectivity index (χ0) is 14.4. The average molecular weight is 268 g/mol. The number of rotatable bonds is 4. The van der Waals surface area contributed by atoms with Crippen molar-refractivity contribution in [2.75, 3.05) is 0 Å². The first kappa shape index (κ1) is 13.7. The first-order valence-corrected chi connectivity index (χ1v) is 6.09. The minimum Gasteiger partial charge on any atom is -0.508 e. The molecule has 3 heteroatoms. The zero-order valence-corrected chi connectivity index (χ0v) is 10.7. The number of aromatic hydroxyl groups is 1. The molecule has 0 unspecified atom stereocenters. The molecule has 0 aromatic heterocycles. The summed E-state index contributed by atoms with van der Waals surface area (Å²) in [6.45, 7) is 0. The molecule has 0 spiro atoms. The van der Waals surface area contributed by atoms with Crippen LogP contribution in [0.4, 0.5) is 4.39 Å². The number of halogens is 1. The molecule has 0 heterocycles. The first-order chi connectivity index (χ1) is 9.65. The topological polar surface area (TPSA) is 37.3 Å². The summed E-state index contributed by atoms with van der Waals surface area (Å²) in [5, 5.41) is 9.13. The summed E-state index contributed by atoms with van der Waals surface area (Å²) in [4.78, 5) is 11.6. The van der Waals surface area contributed by atoms with E-state index in [0.717, 1.165) is 5.56 Å². The second kappa shape index (κ2) is 6.48. The van der Waals surface area contributed by atoms with Crippen molar-refractivity contribution in [2.24, 2.45) is 0 Å². The summed E-state index contributed by atoms with van der Waals surface area (Å²) in [5.41, 5.74) is 1.18. The Bertz CT molecular complexity index is 655. The van der Waals surface area contributed by atoms with Gasteiger partial charge in [-0.2, -0.15) is 0 Å². The standard InChI is InChI=1S/C17H13FO2/c18-17-4-2-1-3-14(17)8-12-16(20)11-7-13-5-9-15(19)10-6-13/h1-12,19H. The Balaban J connectivity index is 2.02. The van der Waals surface area contributed by atoms with Crippen LogP contribution in [0.5, 0.6) is 5.75 Å². The van der Waals surface area contributed by atoms with Gasteiger partial charge in [0.15, 0.2) is 5.78 Å². The van der Waals surface area contributed by atoms with E-state index in [1.54, 1.807) is 48.5 Å². The maximum atomic E-state index is 13.3. The van der Waals surface area contributed by atoms with E-state index in [9.17, 15) is 9.18 Å². The number of hydrogen-bond donors (Lipinski definition) is 1. The lowest BCUT2D eigenvalue weighted by molar-refractivity contribution is -0.110. The number of allylic oxidation sites excluding steroid dienone is 2. The second-order valence-corrected chi connectivity index (χ2v) is 4.18. The molecular formula is C17H13FO2. The summed E-state index contributed by atoms with van der Waals surface area (Å²) in [5.74, 6) is -0.423. The normalized spacial score (nSPS) is 11.2. The van der Waals surface area contributed by atoms with Crippen LogP contribution in [0.3, 0.4) is 0 Å². The van der Waals surface area contributed by atoms with E-state index < -0.39 is 0 Å². The molecule has 20 heavy (non-hydrogen) atoms. The van der Waals surface area contributed by atoms with Gasteiger partial charge in [-0.1, -0.05) is 36.4 Å². The Hall–Kier alpha value is -2.68. The highest BCUT2D eigenvalue weighted by atomic mass is 19.1. The molecule has 0 saturated carbocycles. The Kier molecular flexibility index (Phi) is 4.45. The van der Waals surface area contributed by atoms with Gasteiger partial charge in [0, 0.05) is 5.56 Å². The molecule has 0 atom stereocenters. The van der Waals surface area contributed by atoms with E-state index in [-0.39, 0.29) is 17.3 Å². The van der Waals surface area contributed by atoms with Crippen molar-refractivity contribution in [3.8, 4) is 5.75 Å². The Morgan fingerprint density at radius 3 is 2.30 bits per heavy atom. The highest BCUT2D eigenvalue weighted by Gasteiger charge is 1.96. The van der Waals surface area contributed by atoms with Gasteiger partial charge in [-0.05, 0) is 42.0 Å². The summed E-state index contributed by atoms with van der Waals surface area (Å²) in [6, 6.07) is 12.7. The number of hydrogen-bond acceptors (Lipinski definition) is 2. The largest absolute Gasteiger partial charge is 0.508 e. The van der Waals surface area contributed by atoms with Gasteiger partial charge >= 0.3 is 0 Å². The molecule has 0 bridgehead atoms. The van der Waals surface area contributed by atoms with E-state index in [1.807, 2.05) is 0 Å². The van der Waals surface area contributed by atoms with Crippen LogP contribution in [-0.2, 0) is 4.79 Å². The third kappa shape index (κ3) is 3.92. The molecule has 1 N–H and O–H groups in total. The quantitative estimate of drug-likeness (QED) is 0.856. The average Bonchev–Trinajstić information content (AvgIpc) is 2.46. The first-order valence-electron chi connectivity index (χ1n) is 6.09. The predicted molar refractivity (Wildman–Crippen MR) is 77.6 cm³/mol. The number of ketones is 1. The van der Waals surface area contributed by atoms with E-state index in [1.165, 1.54) is 24.3 Å². The minimum absolute atomic E-state index is 0.174. The highest BCUT2D eigenvalue weighted by molar-refractivity contribution is 6.04. The predicted octanol–water partition coefficient (Wildman–Crippen LogP) is 3.83. The van der Waals surface area contributed by atoms with Crippen molar-refractivity contribution >= 4 is 17.9 Å². The van der Waals surface area contributed by atoms with Gasteiger partial charge in [0.1, 0.15) is 11.6 Å². The molecule has 2 rings (SSSR count). The molecule has 0 aliphatic rings. The van der Waals surface area contributed by atoms with Crippen LogP contribution in [-0.4, -0.2) is 10.9 Å². The molecule has 0 aliphatic heterocycles. The highest BCUT2D eigenvalue weighted by Crippen LogP contribution is 2.11. The Labute approximate surface area is 116 Å². The molecule has 0 aliphatic carbocycles. The van der Waals surface area contributed by atoms with Gasteiger partial charge in [0.25, 0.3) is 0 Å². The third-order valence-corrected chi connectivity index (χ3v) is 2.67. The smallest absolute Gasteiger partial charge is 0.178 e. The Morgan fingerprint density at radius 2 is 1.60 bits per heavy atom. The van der Waals surface area contributed by atoms with Crippen LogP contribution in [0.25, 0.3) is 12.2 Å². The minimum atomic E-state index is -0.362. The molecule has 2 aromatic carbocycles. The summed E-state index contributed by atoms with van der Waals surface area (Å²) in [7, 11) is 0. The fraction of sp³-hybridized carbons (Fsp3) is 0. The molecule has 0 radical (unpaired) electrons. The fourth-order valence-electron chi connectivity index (χ4n) is 1.60. The van der Waals surface area contributed by atoms with Crippen molar-refractivity contribution in [3.05, 3.63) is 77.6 Å². The summed E-state index contributed by atoms with van der Waals surface area (Å²) >= 11 is 0. The van der Waals surface area contributed by atoms with Gasteiger partial charge in [-0.3, -0.25) is 4.79 Å². The van der Waals surface area contributed by atoms with Crippen molar-refractivity contribution in [2.45, 2.75) is 0 Å². The van der Waals surface area contributed by atoms with Gasteiger partial charge in [0.05, 0.1) is 0 Å². The maximum Gasteiger partial charge on any atom is 0.178 e.